The van der Waals surface area contributed by atoms with Crippen LogP contribution in [0.2, 0.25) is 0 Å². The molecule has 0 fully saturated rings. The molecule has 0 aliphatic carbocycles. The van der Waals surface area contributed by atoms with Crippen LogP contribution in [-0.4, -0.2) is 133 Å². The molecule has 0 aliphatic heterocycles. The summed E-state index contributed by atoms with van der Waals surface area (Å²) in [6.45, 7) is 16.0. The number of ether oxygens (including phenoxy) is 7. The van der Waals surface area contributed by atoms with Crippen LogP contribution >= 0.6 is 47.8 Å². The maximum atomic E-state index is 12.6. The smallest absolute Gasteiger partial charge is 0.408 e. The van der Waals surface area contributed by atoms with Gasteiger partial charge in [-0.1, -0.05) is 54.7 Å². The number of esters is 3. The van der Waals surface area contributed by atoms with Crippen LogP contribution in [0.1, 0.15) is 75.7 Å². The quantitative estimate of drug-likeness (QED) is 0.0518. The van der Waals surface area contributed by atoms with E-state index in [1.807, 2.05) is 0 Å². The van der Waals surface area contributed by atoms with Crippen molar-refractivity contribution in [1.29, 1.82) is 0 Å². The van der Waals surface area contributed by atoms with Gasteiger partial charge >= 0.3 is 24.0 Å². The highest BCUT2D eigenvalue weighted by atomic mass is 79.9. The third kappa shape index (κ3) is 24.1. The van der Waals surface area contributed by atoms with Crippen molar-refractivity contribution in [3.8, 4) is 0 Å². The van der Waals surface area contributed by atoms with Crippen LogP contribution in [-0.2, 0) is 57.1 Å². The zero-order chi connectivity index (χ0) is 41.1. The summed E-state index contributed by atoms with van der Waals surface area (Å²) >= 11 is 9.75. The van der Waals surface area contributed by atoms with E-state index in [0.717, 1.165) is 0 Å². The van der Waals surface area contributed by atoms with Crippen LogP contribution in [0, 0.1) is 5.41 Å². The van der Waals surface area contributed by atoms with Gasteiger partial charge in [-0.3, -0.25) is 24.0 Å². The predicted molar refractivity (Wildman–Crippen MR) is 206 cm³/mol. The zero-order valence-corrected chi connectivity index (χ0v) is 37.3. The SMILES string of the molecule is CCC(NC(=O)OC(C)(C)C)C(=O)NCCOCCOCCNC(=O)COCC(COC(=O)C(C)(C)Br)(COC(=O)C(C)(C)Br)COC(=O)C(C)(C)Br. The van der Waals surface area contributed by atoms with Crippen LogP contribution in [0.15, 0.2) is 0 Å². The molecular formula is C34H58Br3N3O13. The Balaban J connectivity index is 4.87. The van der Waals surface area contributed by atoms with Crippen molar-refractivity contribution in [3.63, 3.8) is 0 Å². The monoisotopic (exact) mass is 953 g/mol. The van der Waals surface area contributed by atoms with Gasteiger partial charge in [0.1, 0.15) is 51.0 Å². The van der Waals surface area contributed by atoms with Crippen molar-refractivity contribution < 1.29 is 61.9 Å². The summed E-state index contributed by atoms with van der Waals surface area (Å²) in [5.74, 6) is -2.69. The van der Waals surface area contributed by atoms with Gasteiger partial charge in [-0.25, -0.2) is 4.79 Å². The Labute approximate surface area is 338 Å². The predicted octanol–water partition coefficient (Wildman–Crippen LogP) is 3.71. The first-order chi connectivity index (χ1) is 24.2. The first-order valence-electron chi connectivity index (χ1n) is 17.1. The summed E-state index contributed by atoms with van der Waals surface area (Å²) in [6, 6.07) is -0.735. The Morgan fingerprint density at radius 3 is 1.38 bits per heavy atom. The third-order valence-corrected chi connectivity index (χ3v) is 7.50. The number of rotatable bonds is 25. The molecule has 1 atom stereocenters. The lowest BCUT2D eigenvalue weighted by Gasteiger charge is -2.34. The van der Waals surface area contributed by atoms with E-state index in [1.165, 1.54) is 0 Å². The molecule has 0 radical (unpaired) electrons. The zero-order valence-electron chi connectivity index (χ0n) is 32.5. The minimum Gasteiger partial charge on any atom is -0.464 e. The molecule has 16 nitrogen and oxygen atoms in total. The number of hydrogen-bond acceptors (Lipinski definition) is 13. The van der Waals surface area contributed by atoms with E-state index in [2.05, 4.69) is 63.7 Å². The number of alkyl halides is 3. The summed E-state index contributed by atoms with van der Waals surface area (Å²) < 4.78 is 35.2. The Morgan fingerprint density at radius 2 is 1.00 bits per heavy atom. The molecule has 0 aromatic rings. The molecule has 0 aromatic heterocycles. The fraction of sp³-hybridized carbons (Fsp3) is 0.824. The number of halogens is 3. The number of carbonyl (C=O) groups is 6. The Kier molecular flexibility index (Phi) is 22.8. The van der Waals surface area contributed by atoms with E-state index in [4.69, 9.17) is 33.2 Å². The van der Waals surface area contributed by atoms with E-state index in [1.54, 1.807) is 69.2 Å². The summed E-state index contributed by atoms with van der Waals surface area (Å²) in [7, 11) is 0. The Morgan fingerprint density at radius 1 is 0.585 bits per heavy atom. The highest BCUT2D eigenvalue weighted by Crippen LogP contribution is 2.27. The molecule has 0 spiro atoms. The van der Waals surface area contributed by atoms with Gasteiger partial charge in [0.05, 0.1) is 38.4 Å². The molecule has 19 heteroatoms. The Bertz CT molecular complexity index is 1120. The van der Waals surface area contributed by atoms with Gasteiger partial charge in [-0.2, -0.15) is 0 Å². The van der Waals surface area contributed by atoms with Crippen LogP contribution < -0.4 is 16.0 Å². The molecule has 0 saturated heterocycles. The van der Waals surface area contributed by atoms with Crippen LogP contribution in [0.3, 0.4) is 0 Å². The highest BCUT2D eigenvalue weighted by Gasteiger charge is 2.41. The van der Waals surface area contributed by atoms with Crippen molar-refractivity contribution in [3.05, 3.63) is 0 Å². The summed E-state index contributed by atoms with van der Waals surface area (Å²) in [6.07, 6.45) is -0.283. The molecule has 53 heavy (non-hydrogen) atoms. The van der Waals surface area contributed by atoms with Crippen molar-refractivity contribution in [2.75, 3.05) is 72.6 Å². The molecule has 0 heterocycles. The number of amides is 3. The summed E-state index contributed by atoms with van der Waals surface area (Å²) in [5.41, 5.74) is -2.04. The molecule has 0 aliphatic rings. The van der Waals surface area contributed by atoms with E-state index in [-0.39, 0.29) is 71.9 Å². The van der Waals surface area contributed by atoms with Crippen LogP contribution in [0.25, 0.3) is 0 Å². The molecular weight excluding hydrogens is 898 g/mol. The van der Waals surface area contributed by atoms with Crippen LogP contribution in [0.4, 0.5) is 4.79 Å². The first-order valence-corrected chi connectivity index (χ1v) is 19.5. The molecule has 3 amide bonds. The van der Waals surface area contributed by atoms with Crippen molar-refractivity contribution in [1.82, 2.24) is 16.0 Å². The van der Waals surface area contributed by atoms with Gasteiger partial charge in [0.2, 0.25) is 11.8 Å². The molecule has 0 rings (SSSR count). The summed E-state index contributed by atoms with van der Waals surface area (Å²) in [5, 5.41) is 7.90. The molecule has 0 bridgehead atoms. The average molecular weight is 957 g/mol. The first kappa shape index (κ1) is 50.9. The minimum absolute atomic E-state index is 0.167. The maximum absolute atomic E-state index is 12.6. The third-order valence-electron chi connectivity index (χ3n) is 6.53. The second-order valence-electron chi connectivity index (χ2n) is 14.6. The minimum atomic E-state index is -1.36. The standard InChI is InChI=1S/C34H58Br3N3O13/c1-11-23(40-29(46)53-30(2,3)4)25(42)39-13-15-48-17-16-47-14-12-38-24(41)18-49-19-34(20-50-26(43)31(5,6)35,21-51-27(44)32(7,8)36)22-52-28(45)33(9,10)37/h23H,11-22H2,1-10H3,(H,38,41)(H,39,42)(H,40,46). The van der Waals surface area contributed by atoms with Gasteiger partial charge in [-0.05, 0) is 68.7 Å². The van der Waals surface area contributed by atoms with Gasteiger partial charge in [0.15, 0.2) is 0 Å². The number of alkyl carbamates (subject to hydrolysis) is 1. The molecule has 0 aromatic carbocycles. The molecule has 308 valence electrons. The number of nitrogens with one attached hydrogen (secondary N) is 3. The highest BCUT2D eigenvalue weighted by molar-refractivity contribution is 9.10. The fourth-order valence-corrected chi connectivity index (χ4v) is 3.93. The van der Waals surface area contributed by atoms with Gasteiger partial charge < -0.3 is 49.1 Å². The van der Waals surface area contributed by atoms with E-state index >= 15 is 0 Å². The second kappa shape index (κ2) is 23.8. The van der Waals surface area contributed by atoms with Gasteiger partial charge in [0.25, 0.3) is 0 Å². The Hall–Kier alpha value is -2.06. The molecule has 0 saturated carbocycles. The lowest BCUT2D eigenvalue weighted by molar-refractivity contribution is -0.170. The molecule has 3 N–H and O–H groups in total. The second-order valence-corrected chi connectivity index (χ2v) is 20.6. The van der Waals surface area contributed by atoms with Crippen molar-refractivity contribution >= 4 is 83.6 Å². The lowest BCUT2D eigenvalue weighted by atomic mass is 9.92. The van der Waals surface area contributed by atoms with Crippen molar-refractivity contribution in [2.24, 2.45) is 5.41 Å². The number of hydrogen-bond donors (Lipinski definition) is 3. The van der Waals surface area contributed by atoms with Crippen molar-refractivity contribution in [2.45, 2.75) is 100 Å². The topological polar surface area (TPSA) is 203 Å². The number of carbonyl (C=O) groups excluding carboxylic acids is 6. The largest absolute Gasteiger partial charge is 0.464 e. The van der Waals surface area contributed by atoms with Gasteiger partial charge in [0, 0.05) is 13.1 Å². The van der Waals surface area contributed by atoms with Gasteiger partial charge in [-0.15, -0.1) is 0 Å². The fourth-order valence-electron chi connectivity index (χ4n) is 3.59. The summed E-state index contributed by atoms with van der Waals surface area (Å²) in [4.78, 5) is 74.6. The lowest BCUT2D eigenvalue weighted by Crippen LogP contribution is -2.48. The maximum Gasteiger partial charge on any atom is 0.408 e. The van der Waals surface area contributed by atoms with E-state index in [9.17, 15) is 28.8 Å². The average Bonchev–Trinajstić information content (AvgIpc) is 3.01. The molecule has 1 unspecified atom stereocenters. The van der Waals surface area contributed by atoms with E-state index in [0.29, 0.717) is 6.42 Å². The van der Waals surface area contributed by atoms with E-state index < -0.39 is 66.5 Å². The van der Waals surface area contributed by atoms with Crippen LogP contribution in [0.5, 0.6) is 0 Å². The normalized spacial score (nSPS) is 13.0.